The second-order valence-corrected chi connectivity index (χ2v) is 6.34. The first kappa shape index (κ1) is 15.8. The van der Waals surface area contributed by atoms with Gasteiger partial charge in [0.2, 0.25) is 0 Å². The van der Waals surface area contributed by atoms with Crippen molar-refractivity contribution in [3.63, 3.8) is 0 Å². The van der Waals surface area contributed by atoms with Crippen LogP contribution in [0.2, 0.25) is 0 Å². The number of anilines is 1. The predicted molar refractivity (Wildman–Crippen MR) is 96.2 cm³/mol. The van der Waals surface area contributed by atoms with Crippen LogP contribution in [-0.4, -0.2) is 26.4 Å². The molecule has 7 heteroatoms. The summed E-state index contributed by atoms with van der Waals surface area (Å²) >= 11 is 0. The van der Waals surface area contributed by atoms with Gasteiger partial charge in [-0.2, -0.15) is 15.1 Å². The first-order valence-electron chi connectivity index (χ1n) is 8.68. The molecule has 0 radical (unpaired) electrons. The topological polar surface area (TPSA) is 90.9 Å². The molecular weight excluding hydrogens is 316 g/mol. The van der Waals surface area contributed by atoms with E-state index in [1.165, 1.54) is 16.7 Å². The van der Waals surface area contributed by atoms with Crippen molar-refractivity contribution in [1.29, 1.82) is 0 Å². The minimum Gasteiger partial charge on any atom is -0.463 e. The number of nitrogens with two attached hydrogens (primary N) is 1. The van der Waals surface area contributed by atoms with E-state index in [1.54, 1.807) is 6.20 Å². The average Bonchev–Trinajstić information content (AvgIpc) is 3.22. The quantitative estimate of drug-likeness (QED) is 0.670. The van der Waals surface area contributed by atoms with Crippen LogP contribution < -0.4 is 15.8 Å². The Kier molecular flexibility index (Phi) is 4.23. The van der Waals surface area contributed by atoms with Crippen LogP contribution in [0.1, 0.15) is 36.5 Å². The van der Waals surface area contributed by atoms with Crippen molar-refractivity contribution in [2.75, 3.05) is 12.3 Å². The number of rotatable bonds is 6. The summed E-state index contributed by atoms with van der Waals surface area (Å²) in [7, 11) is 0. The fourth-order valence-corrected chi connectivity index (χ4v) is 3.06. The van der Waals surface area contributed by atoms with Crippen molar-refractivity contribution < 1.29 is 4.74 Å². The fraction of sp³-hybridized carbons (Fsp3) is 0.389. The van der Waals surface area contributed by atoms with Gasteiger partial charge in [-0.1, -0.05) is 31.5 Å². The van der Waals surface area contributed by atoms with Crippen molar-refractivity contribution in [2.24, 2.45) is 0 Å². The maximum Gasteiger partial charge on any atom is 0.320 e. The molecule has 0 saturated heterocycles. The molecule has 0 atom stereocenters. The molecule has 0 aliphatic carbocycles. The summed E-state index contributed by atoms with van der Waals surface area (Å²) in [6.45, 7) is 5.22. The smallest absolute Gasteiger partial charge is 0.320 e. The summed E-state index contributed by atoms with van der Waals surface area (Å²) < 4.78 is 7.47. The minimum absolute atomic E-state index is 0.318. The van der Waals surface area contributed by atoms with E-state index in [4.69, 9.17) is 10.5 Å². The van der Waals surface area contributed by atoms with Crippen LogP contribution in [0, 0.1) is 0 Å². The lowest BCUT2D eigenvalue weighted by atomic mass is 10.1. The number of nitrogens with one attached hydrogen (secondary N) is 1. The molecule has 3 heterocycles. The monoisotopic (exact) mass is 338 g/mol. The second kappa shape index (κ2) is 6.68. The number of benzene rings is 1. The lowest BCUT2D eigenvalue weighted by Gasteiger charge is -2.08. The van der Waals surface area contributed by atoms with Crippen molar-refractivity contribution in [1.82, 2.24) is 25.1 Å². The molecule has 7 nitrogen and oxygen atoms in total. The van der Waals surface area contributed by atoms with Crippen LogP contribution in [-0.2, 0) is 19.6 Å². The highest BCUT2D eigenvalue weighted by atomic mass is 16.5. The van der Waals surface area contributed by atoms with E-state index in [9.17, 15) is 0 Å². The minimum atomic E-state index is 0.318. The molecule has 25 heavy (non-hydrogen) atoms. The average molecular weight is 338 g/mol. The molecule has 3 aromatic rings. The van der Waals surface area contributed by atoms with Gasteiger partial charge in [0, 0.05) is 13.1 Å². The van der Waals surface area contributed by atoms with Crippen LogP contribution >= 0.6 is 0 Å². The summed E-state index contributed by atoms with van der Waals surface area (Å²) in [4.78, 5) is 8.73. The van der Waals surface area contributed by atoms with E-state index in [0.29, 0.717) is 30.6 Å². The molecule has 3 N–H and O–H groups in total. The van der Waals surface area contributed by atoms with E-state index in [1.807, 2.05) is 4.68 Å². The van der Waals surface area contributed by atoms with Gasteiger partial charge in [0.15, 0.2) is 5.65 Å². The molecule has 2 aromatic heterocycles. The van der Waals surface area contributed by atoms with E-state index in [0.717, 1.165) is 31.3 Å². The highest BCUT2D eigenvalue weighted by Gasteiger charge is 2.14. The van der Waals surface area contributed by atoms with Crippen LogP contribution in [0.5, 0.6) is 6.01 Å². The summed E-state index contributed by atoms with van der Waals surface area (Å²) in [6, 6.07) is 6.87. The Morgan fingerprint density at radius 3 is 3.00 bits per heavy atom. The van der Waals surface area contributed by atoms with Gasteiger partial charge in [-0.25, -0.2) is 4.68 Å². The van der Waals surface area contributed by atoms with Gasteiger partial charge in [-0.3, -0.25) is 0 Å². The number of nitrogen functional groups attached to an aromatic ring is 1. The fourth-order valence-electron chi connectivity index (χ4n) is 3.06. The largest absolute Gasteiger partial charge is 0.463 e. The third kappa shape index (κ3) is 3.15. The number of hydrogen-bond acceptors (Lipinski definition) is 6. The highest BCUT2D eigenvalue weighted by Crippen LogP contribution is 2.22. The summed E-state index contributed by atoms with van der Waals surface area (Å²) in [5.41, 5.74) is 10.7. The first-order chi connectivity index (χ1) is 12.2. The molecule has 0 spiro atoms. The standard InChI is InChI=1S/C18H22N6O/c1-2-3-6-25-18-22-16(19)15-10-21-24(17(15)23-18)11-12-4-5-13-8-20-9-14(13)7-12/h4-5,7,10,20H,2-3,6,8-9,11H2,1H3,(H2,19,22,23). The van der Waals surface area contributed by atoms with E-state index in [2.05, 4.69) is 45.5 Å². The van der Waals surface area contributed by atoms with E-state index in [-0.39, 0.29) is 0 Å². The molecule has 1 aliphatic rings. The Morgan fingerprint density at radius 2 is 2.12 bits per heavy atom. The Labute approximate surface area is 146 Å². The van der Waals surface area contributed by atoms with Crippen molar-refractivity contribution in [3.8, 4) is 6.01 Å². The third-order valence-corrected chi connectivity index (χ3v) is 4.47. The van der Waals surface area contributed by atoms with Gasteiger partial charge >= 0.3 is 6.01 Å². The van der Waals surface area contributed by atoms with Crippen LogP contribution in [0.3, 0.4) is 0 Å². The molecule has 0 saturated carbocycles. The summed E-state index contributed by atoms with van der Waals surface area (Å²) in [5, 5.41) is 8.57. The van der Waals surface area contributed by atoms with Gasteiger partial charge in [0.25, 0.3) is 0 Å². The Morgan fingerprint density at radius 1 is 1.24 bits per heavy atom. The van der Waals surface area contributed by atoms with Crippen molar-refractivity contribution in [3.05, 3.63) is 41.1 Å². The number of hydrogen-bond donors (Lipinski definition) is 2. The summed E-state index contributed by atoms with van der Waals surface area (Å²) in [5.74, 6) is 0.404. The zero-order chi connectivity index (χ0) is 17.2. The van der Waals surface area contributed by atoms with Crippen LogP contribution in [0.4, 0.5) is 5.82 Å². The van der Waals surface area contributed by atoms with E-state index >= 15 is 0 Å². The Bertz CT molecular complexity index is 904. The molecule has 0 bridgehead atoms. The zero-order valence-corrected chi connectivity index (χ0v) is 14.3. The normalized spacial score (nSPS) is 13.3. The van der Waals surface area contributed by atoms with E-state index < -0.39 is 0 Å². The summed E-state index contributed by atoms with van der Waals surface area (Å²) in [6.07, 6.45) is 3.74. The van der Waals surface area contributed by atoms with Gasteiger partial charge in [-0.05, 0) is 23.1 Å². The Hall–Kier alpha value is -2.67. The number of unbranched alkanes of at least 4 members (excludes halogenated alkanes) is 1. The molecule has 0 unspecified atom stereocenters. The Balaban J connectivity index is 1.63. The molecule has 0 fully saturated rings. The maximum absolute atomic E-state index is 6.05. The lowest BCUT2D eigenvalue weighted by Crippen LogP contribution is -2.07. The number of fused-ring (bicyclic) bond motifs is 2. The van der Waals surface area contributed by atoms with Crippen LogP contribution in [0.25, 0.3) is 11.0 Å². The number of ether oxygens (including phenoxy) is 1. The van der Waals surface area contributed by atoms with Gasteiger partial charge in [-0.15, -0.1) is 0 Å². The highest BCUT2D eigenvalue weighted by molar-refractivity contribution is 5.85. The SMILES string of the molecule is CCCCOc1nc(N)c2cnn(Cc3ccc4c(c3)CNC4)c2n1. The number of nitrogens with zero attached hydrogens (tertiary/aromatic N) is 4. The molecule has 130 valence electrons. The van der Waals surface area contributed by atoms with Gasteiger partial charge < -0.3 is 15.8 Å². The van der Waals surface area contributed by atoms with Crippen molar-refractivity contribution >= 4 is 16.9 Å². The third-order valence-electron chi connectivity index (χ3n) is 4.47. The second-order valence-electron chi connectivity index (χ2n) is 6.34. The molecule has 0 amide bonds. The zero-order valence-electron chi connectivity index (χ0n) is 14.3. The first-order valence-corrected chi connectivity index (χ1v) is 8.68. The molecule has 1 aliphatic heterocycles. The van der Waals surface area contributed by atoms with Gasteiger partial charge in [0.05, 0.1) is 24.7 Å². The molecule has 4 rings (SSSR count). The molecular formula is C18H22N6O. The van der Waals surface area contributed by atoms with Gasteiger partial charge in [0.1, 0.15) is 5.82 Å². The predicted octanol–water partition coefficient (Wildman–Crippen LogP) is 2.24. The molecule has 1 aromatic carbocycles. The van der Waals surface area contributed by atoms with Crippen LogP contribution in [0.15, 0.2) is 24.4 Å². The number of aromatic nitrogens is 4. The van der Waals surface area contributed by atoms with Crippen molar-refractivity contribution in [2.45, 2.75) is 39.4 Å². The maximum atomic E-state index is 6.05. The lowest BCUT2D eigenvalue weighted by molar-refractivity contribution is 0.286.